The van der Waals surface area contributed by atoms with E-state index < -0.39 is 0 Å². The second-order valence-corrected chi connectivity index (χ2v) is 5.88. The molecule has 94 valence electrons. The van der Waals surface area contributed by atoms with Gasteiger partial charge in [-0.15, -0.1) is 11.8 Å². The Morgan fingerprint density at radius 3 is 2.94 bits per heavy atom. The number of fused-ring (bicyclic) bond motifs is 1. The maximum absolute atomic E-state index is 8.67. The summed E-state index contributed by atoms with van der Waals surface area (Å²) in [7, 11) is 0. The Kier molecular flexibility index (Phi) is 5.36. The highest BCUT2D eigenvalue weighted by Gasteiger charge is 2.20. The van der Waals surface area contributed by atoms with Gasteiger partial charge in [0.25, 0.3) is 0 Å². The van der Waals surface area contributed by atoms with Crippen LogP contribution in [0.3, 0.4) is 0 Å². The van der Waals surface area contributed by atoms with E-state index in [2.05, 4.69) is 29.6 Å². The molecule has 1 unspecified atom stereocenters. The molecule has 0 fully saturated rings. The average Bonchev–Trinajstić information content (AvgIpc) is 2.76. The maximum Gasteiger partial charge on any atom is 0.0431 e. The first-order valence-corrected chi connectivity index (χ1v) is 7.34. The zero-order chi connectivity index (χ0) is 11.9. The number of thioether (sulfide) groups is 1. The Balaban J connectivity index is 1.60. The summed E-state index contributed by atoms with van der Waals surface area (Å²) < 4.78 is 0. The fourth-order valence-corrected chi connectivity index (χ4v) is 3.45. The number of unbranched alkanes of at least 4 members (excludes halogenated alkanes) is 2. The number of hydrogen-bond acceptors (Lipinski definition) is 3. The molecule has 0 saturated carbocycles. The minimum atomic E-state index is 0.327. The van der Waals surface area contributed by atoms with Crippen molar-refractivity contribution in [3.05, 3.63) is 29.8 Å². The summed E-state index contributed by atoms with van der Waals surface area (Å²) in [5, 5.41) is 12.9. The molecule has 2 N–H and O–H groups in total. The third-order valence-electron chi connectivity index (χ3n) is 3.10. The number of rotatable bonds is 7. The van der Waals surface area contributed by atoms with Crippen LogP contribution in [0.4, 0.5) is 0 Å². The summed E-state index contributed by atoms with van der Waals surface area (Å²) in [6.45, 7) is 2.50. The molecule has 0 aromatic heterocycles. The van der Waals surface area contributed by atoms with Crippen molar-refractivity contribution in [2.75, 3.05) is 19.7 Å². The van der Waals surface area contributed by atoms with Gasteiger partial charge in [0.05, 0.1) is 0 Å². The molecule has 1 aliphatic heterocycles. The van der Waals surface area contributed by atoms with Gasteiger partial charge in [0.1, 0.15) is 0 Å². The van der Waals surface area contributed by atoms with Gasteiger partial charge in [-0.05, 0) is 43.9 Å². The van der Waals surface area contributed by atoms with Crippen LogP contribution in [0.2, 0.25) is 0 Å². The second-order valence-electron chi connectivity index (χ2n) is 4.54. The van der Waals surface area contributed by atoms with Crippen LogP contribution in [0, 0.1) is 0 Å². The van der Waals surface area contributed by atoms with Crippen molar-refractivity contribution in [3.8, 4) is 0 Å². The smallest absolute Gasteiger partial charge is 0.0431 e. The molecule has 0 amide bonds. The molecule has 1 heterocycles. The fraction of sp³-hybridized carbons (Fsp3) is 0.571. The van der Waals surface area contributed by atoms with Crippen LogP contribution in [-0.2, 0) is 6.42 Å². The predicted molar refractivity (Wildman–Crippen MR) is 73.6 cm³/mol. The first kappa shape index (κ1) is 12.9. The van der Waals surface area contributed by atoms with Crippen molar-refractivity contribution in [3.63, 3.8) is 0 Å². The highest BCUT2D eigenvalue weighted by Crippen LogP contribution is 2.36. The SMILES string of the molecule is OCCCCCNCC1Cc2ccccc2S1. The van der Waals surface area contributed by atoms with Crippen LogP contribution in [-0.4, -0.2) is 30.1 Å². The average molecular weight is 251 g/mol. The van der Waals surface area contributed by atoms with Crippen LogP contribution < -0.4 is 5.32 Å². The van der Waals surface area contributed by atoms with Crippen LogP contribution >= 0.6 is 11.8 Å². The van der Waals surface area contributed by atoms with Crippen LogP contribution in [0.25, 0.3) is 0 Å². The van der Waals surface area contributed by atoms with Gasteiger partial charge >= 0.3 is 0 Å². The number of nitrogens with one attached hydrogen (secondary N) is 1. The minimum absolute atomic E-state index is 0.327. The molecule has 1 aromatic carbocycles. The minimum Gasteiger partial charge on any atom is -0.396 e. The van der Waals surface area contributed by atoms with Gasteiger partial charge in [0, 0.05) is 23.3 Å². The van der Waals surface area contributed by atoms with Crippen molar-refractivity contribution in [1.29, 1.82) is 0 Å². The van der Waals surface area contributed by atoms with Crippen molar-refractivity contribution in [2.45, 2.75) is 35.8 Å². The molecule has 2 rings (SSSR count). The van der Waals surface area contributed by atoms with E-state index in [1.54, 1.807) is 0 Å². The second kappa shape index (κ2) is 7.04. The lowest BCUT2D eigenvalue weighted by atomic mass is 10.1. The normalized spacial score (nSPS) is 18.3. The summed E-state index contributed by atoms with van der Waals surface area (Å²) >= 11 is 2.00. The van der Waals surface area contributed by atoms with Gasteiger partial charge in [-0.3, -0.25) is 0 Å². The van der Waals surface area contributed by atoms with E-state index in [0.717, 1.165) is 25.9 Å². The number of benzene rings is 1. The van der Waals surface area contributed by atoms with Gasteiger partial charge in [-0.25, -0.2) is 0 Å². The lowest BCUT2D eigenvalue weighted by Crippen LogP contribution is -2.25. The molecule has 1 atom stereocenters. The number of aliphatic hydroxyl groups excluding tert-OH is 1. The standard InChI is InChI=1S/C14H21NOS/c16-9-5-1-4-8-15-11-13-10-12-6-2-3-7-14(12)17-13/h2-3,6-7,13,15-16H,1,4-5,8-11H2. The van der Waals surface area contributed by atoms with Crippen molar-refractivity contribution in [1.82, 2.24) is 5.32 Å². The van der Waals surface area contributed by atoms with E-state index in [1.165, 1.54) is 23.3 Å². The van der Waals surface area contributed by atoms with Gasteiger partial charge < -0.3 is 10.4 Å². The quantitative estimate of drug-likeness (QED) is 0.730. The molecular weight excluding hydrogens is 230 g/mol. The molecule has 1 aliphatic rings. The Labute approximate surface area is 108 Å². The van der Waals surface area contributed by atoms with E-state index in [4.69, 9.17) is 5.11 Å². The Hall–Kier alpha value is -0.510. The first-order valence-electron chi connectivity index (χ1n) is 6.46. The summed E-state index contributed by atoms with van der Waals surface area (Å²) in [6.07, 6.45) is 4.43. The van der Waals surface area contributed by atoms with Crippen LogP contribution in [0.5, 0.6) is 0 Å². The number of aliphatic hydroxyl groups is 1. The summed E-state index contributed by atoms with van der Waals surface area (Å²) in [5.41, 5.74) is 1.50. The molecule has 3 heteroatoms. The van der Waals surface area contributed by atoms with E-state index in [1.807, 2.05) is 11.8 Å². The largest absolute Gasteiger partial charge is 0.396 e. The Bertz CT molecular complexity index is 318. The lowest BCUT2D eigenvalue weighted by molar-refractivity contribution is 0.283. The van der Waals surface area contributed by atoms with Gasteiger partial charge in [-0.1, -0.05) is 18.2 Å². The predicted octanol–water partition coefficient (Wildman–Crippen LogP) is 2.46. The van der Waals surface area contributed by atoms with Crippen molar-refractivity contribution in [2.24, 2.45) is 0 Å². The highest BCUT2D eigenvalue weighted by atomic mass is 32.2. The molecule has 0 spiro atoms. The Morgan fingerprint density at radius 1 is 1.24 bits per heavy atom. The summed E-state index contributed by atoms with van der Waals surface area (Å²) in [5.74, 6) is 0. The number of hydrogen-bond donors (Lipinski definition) is 2. The van der Waals surface area contributed by atoms with E-state index in [0.29, 0.717) is 11.9 Å². The first-order chi connectivity index (χ1) is 8.40. The van der Waals surface area contributed by atoms with Crippen LogP contribution in [0.1, 0.15) is 24.8 Å². The van der Waals surface area contributed by atoms with Crippen molar-refractivity contribution < 1.29 is 5.11 Å². The van der Waals surface area contributed by atoms with E-state index >= 15 is 0 Å². The summed E-state index contributed by atoms with van der Waals surface area (Å²) in [4.78, 5) is 1.46. The lowest BCUT2D eigenvalue weighted by Gasteiger charge is -2.09. The molecule has 2 nitrogen and oxygen atoms in total. The Morgan fingerprint density at radius 2 is 2.12 bits per heavy atom. The molecule has 0 saturated heterocycles. The van der Waals surface area contributed by atoms with E-state index in [9.17, 15) is 0 Å². The maximum atomic E-state index is 8.67. The molecule has 0 radical (unpaired) electrons. The molecular formula is C14H21NOS. The third kappa shape index (κ3) is 4.02. The highest BCUT2D eigenvalue weighted by molar-refractivity contribution is 8.00. The monoisotopic (exact) mass is 251 g/mol. The van der Waals surface area contributed by atoms with E-state index in [-0.39, 0.29) is 0 Å². The zero-order valence-corrected chi connectivity index (χ0v) is 11.0. The third-order valence-corrected chi connectivity index (χ3v) is 4.42. The zero-order valence-electron chi connectivity index (χ0n) is 10.2. The van der Waals surface area contributed by atoms with Crippen molar-refractivity contribution >= 4 is 11.8 Å². The van der Waals surface area contributed by atoms with Crippen LogP contribution in [0.15, 0.2) is 29.2 Å². The molecule has 17 heavy (non-hydrogen) atoms. The topological polar surface area (TPSA) is 32.3 Å². The van der Waals surface area contributed by atoms with Gasteiger partial charge in [-0.2, -0.15) is 0 Å². The molecule has 1 aromatic rings. The fourth-order valence-electron chi connectivity index (χ4n) is 2.17. The van der Waals surface area contributed by atoms with Gasteiger partial charge in [0.15, 0.2) is 0 Å². The van der Waals surface area contributed by atoms with Gasteiger partial charge in [0.2, 0.25) is 0 Å². The molecule has 0 aliphatic carbocycles. The molecule has 0 bridgehead atoms. The summed E-state index contributed by atoms with van der Waals surface area (Å²) in [6, 6.07) is 8.71.